The molecule has 0 amide bonds. The van der Waals surface area contributed by atoms with Crippen molar-refractivity contribution in [1.29, 1.82) is 5.41 Å². The lowest BCUT2D eigenvalue weighted by molar-refractivity contribution is -0.00000383. The quantitative estimate of drug-likeness (QED) is 0.280. The molecule has 3 N–H and O–H groups in total. The summed E-state index contributed by atoms with van der Waals surface area (Å²) in [6.07, 6.45) is -2.79. The Labute approximate surface area is 38.2 Å². The highest BCUT2D eigenvalue weighted by atomic mass is 19.3. The molecule has 0 aliphatic heterocycles. The van der Waals surface area contributed by atoms with Crippen LogP contribution in [0.5, 0.6) is 0 Å². The summed E-state index contributed by atoms with van der Waals surface area (Å²) < 4.78 is 21.6. The Bertz CT molecular complexity index is 62.0. The number of nitrogens with two attached hydrogens (primary N) is 1. The first-order valence-electron chi connectivity index (χ1n) is 1.26. The van der Waals surface area contributed by atoms with E-state index in [0.717, 1.165) is 0 Å². The van der Waals surface area contributed by atoms with Gasteiger partial charge in [-0.05, 0) is 0 Å². The number of rotatable bonds is 1. The average molecular weight is 113 g/mol. The summed E-state index contributed by atoms with van der Waals surface area (Å²) in [5, 5.41) is 5.98. The van der Waals surface area contributed by atoms with E-state index in [0.29, 0.717) is 0 Å². The number of alkyl halides is 2. The van der Waals surface area contributed by atoms with Gasteiger partial charge in [-0.2, -0.15) is 0 Å². The second-order valence-electron chi connectivity index (χ2n) is 0.756. The molecule has 0 radical (unpaired) electrons. The van der Waals surface area contributed by atoms with Crippen LogP contribution in [0.3, 0.4) is 0 Å². The van der Waals surface area contributed by atoms with Crippen molar-refractivity contribution in [3.05, 3.63) is 0 Å². The summed E-state index contributed by atoms with van der Waals surface area (Å²) in [7, 11) is 0. The summed E-state index contributed by atoms with van der Waals surface area (Å²) in [5.74, 6) is -1.07. The molecule has 0 heterocycles. The van der Waals surface area contributed by atoms with Crippen LogP contribution in [0.1, 0.15) is 0 Å². The van der Waals surface area contributed by atoms with Gasteiger partial charge in [0.05, 0.1) is 0 Å². The van der Waals surface area contributed by atoms with Crippen molar-refractivity contribution >= 4 is 5.84 Å². The lowest BCUT2D eigenvalue weighted by atomic mass is 10.7. The zero-order valence-corrected chi connectivity index (χ0v) is 3.29. The van der Waals surface area contributed by atoms with Gasteiger partial charge in [-0.25, -0.2) is 8.78 Å². The number of amidine groups is 1. The molecule has 44 valence electrons. The predicted molar refractivity (Wildman–Crippen MR) is 17.9 cm³/mol. The van der Waals surface area contributed by atoms with Crippen LogP contribution >= 0.6 is 0 Å². The molecule has 0 aromatic heterocycles. The molecule has 0 saturated carbocycles. The Hall–Kier alpha value is -0.740. The summed E-state index contributed by atoms with van der Waals surface area (Å²) in [4.78, 5) is 0. The fourth-order valence-electron chi connectivity index (χ4n) is 0. The van der Waals surface area contributed by atoms with E-state index in [1.807, 2.05) is 0 Å². The molecule has 0 rings (SSSR count). The van der Waals surface area contributed by atoms with Gasteiger partial charge >= 0.3 is 0 Å². The van der Waals surface area contributed by atoms with Crippen LogP contribution in [0.15, 0.2) is 0 Å². The molecule has 0 aromatic rings. The lowest BCUT2D eigenvalue weighted by Crippen LogP contribution is -3.00. The van der Waals surface area contributed by atoms with E-state index in [4.69, 9.17) is 5.41 Å². The van der Waals surface area contributed by atoms with E-state index in [9.17, 15) is 8.78 Å². The minimum atomic E-state index is -2.79. The largest absolute Gasteiger partial charge is 1.00 e. The standard InChI is InChI=1S/C2H4F2N2.FH/c3-1(4)2(5)6;/h1H,(H3,5,6);1H/p-1. The highest BCUT2D eigenvalue weighted by molar-refractivity contribution is 5.79. The second kappa shape index (κ2) is 3.45. The van der Waals surface area contributed by atoms with Crippen LogP contribution in [-0.4, -0.2) is 12.3 Å². The molecule has 2 nitrogen and oxygen atoms in total. The van der Waals surface area contributed by atoms with Crippen molar-refractivity contribution in [2.24, 2.45) is 5.73 Å². The first-order valence-corrected chi connectivity index (χ1v) is 1.26. The Morgan fingerprint density at radius 1 is 1.57 bits per heavy atom. The molecule has 7 heavy (non-hydrogen) atoms. The van der Waals surface area contributed by atoms with Gasteiger partial charge in [0.1, 0.15) is 0 Å². The third-order valence-electron chi connectivity index (χ3n) is 0.235. The lowest BCUT2D eigenvalue weighted by Gasteiger charge is -1.87. The molecule has 0 spiro atoms. The first kappa shape index (κ1) is 9.54. The van der Waals surface area contributed by atoms with Crippen LogP contribution in [0.25, 0.3) is 0 Å². The van der Waals surface area contributed by atoms with E-state index in [1.54, 1.807) is 0 Å². The molecule has 0 aliphatic rings. The van der Waals surface area contributed by atoms with Crippen molar-refractivity contribution in [2.75, 3.05) is 0 Å². The maximum absolute atomic E-state index is 10.8. The fourth-order valence-corrected chi connectivity index (χ4v) is 0. The van der Waals surface area contributed by atoms with E-state index >= 15 is 0 Å². The van der Waals surface area contributed by atoms with Gasteiger partial charge in [-0.3, -0.25) is 5.41 Å². The smallest absolute Gasteiger partial charge is 0.294 e. The molecule has 0 aromatic carbocycles. The van der Waals surface area contributed by atoms with Gasteiger partial charge in [0.15, 0.2) is 5.84 Å². The van der Waals surface area contributed by atoms with Crippen LogP contribution in [0.2, 0.25) is 0 Å². The second-order valence-corrected chi connectivity index (χ2v) is 0.756. The number of hydrogen-bond donors (Lipinski definition) is 2. The molecule has 0 saturated heterocycles. The van der Waals surface area contributed by atoms with Crippen LogP contribution in [-0.2, 0) is 0 Å². The maximum atomic E-state index is 10.8. The minimum absolute atomic E-state index is 0. The fraction of sp³-hybridized carbons (Fsp3) is 0.500. The molecule has 0 unspecified atom stereocenters. The van der Waals surface area contributed by atoms with Gasteiger partial charge in [-0.1, -0.05) is 0 Å². The number of halogens is 3. The Kier molecular flexibility index (Phi) is 4.70. The molecule has 0 aliphatic carbocycles. The number of nitrogens with one attached hydrogen (secondary N) is 1. The normalized spacial score (nSPS) is 7.86. The first-order chi connectivity index (χ1) is 2.64. The van der Waals surface area contributed by atoms with Gasteiger partial charge in [0, 0.05) is 0 Å². The van der Waals surface area contributed by atoms with Crippen LogP contribution in [0, 0.1) is 5.41 Å². The molecular formula is C2H4F3N2-. The SMILES string of the molecule is N=C(N)C(F)F.[F-]. The highest BCUT2D eigenvalue weighted by Gasteiger charge is 2.02. The van der Waals surface area contributed by atoms with Gasteiger partial charge in [0.25, 0.3) is 6.43 Å². The minimum Gasteiger partial charge on any atom is -1.00 e. The van der Waals surface area contributed by atoms with Crippen molar-refractivity contribution in [2.45, 2.75) is 6.43 Å². The third-order valence-corrected chi connectivity index (χ3v) is 0.235. The van der Waals surface area contributed by atoms with E-state index in [1.165, 1.54) is 0 Å². The average Bonchev–Trinajstić information content (AvgIpc) is 1.36. The topological polar surface area (TPSA) is 49.9 Å². The van der Waals surface area contributed by atoms with Crippen LogP contribution in [0.4, 0.5) is 8.78 Å². The maximum Gasteiger partial charge on any atom is 0.294 e. The molecule has 0 bridgehead atoms. The summed E-state index contributed by atoms with van der Waals surface area (Å²) in [5.41, 5.74) is 4.27. The molecule has 0 atom stereocenters. The Morgan fingerprint density at radius 2 is 1.71 bits per heavy atom. The molecule has 5 heteroatoms. The van der Waals surface area contributed by atoms with Gasteiger partial charge < -0.3 is 10.4 Å². The molecule has 0 fully saturated rings. The Morgan fingerprint density at radius 3 is 1.71 bits per heavy atom. The van der Waals surface area contributed by atoms with Crippen molar-refractivity contribution in [3.8, 4) is 0 Å². The van der Waals surface area contributed by atoms with E-state index in [2.05, 4.69) is 5.73 Å². The zero-order valence-electron chi connectivity index (χ0n) is 3.29. The summed E-state index contributed by atoms with van der Waals surface area (Å²) >= 11 is 0. The third kappa shape index (κ3) is 5.26. The number of hydrogen-bond acceptors (Lipinski definition) is 1. The molecular weight excluding hydrogens is 109 g/mol. The van der Waals surface area contributed by atoms with Crippen molar-refractivity contribution < 1.29 is 13.5 Å². The van der Waals surface area contributed by atoms with Crippen molar-refractivity contribution in [3.63, 3.8) is 0 Å². The summed E-state index contributed by atoms with van der Waals surface area (Å²) in [6, 6.07) is 0. The van der Waals surface area contributed by atoms with E-state index in [-0.39, 0.29) is 4.70 Å². The Balaban J connectivity index is 0. The van der Waals surface area contributed by atoms with E-state index < -0.39 is 12.3 Å². The summed E-state index contributed by atoms with van der Waals surface area (Å²) in [6.45, 7) is 0. The van der Waals surface area contributed by atoms with Gasteiger partial charge in [-0.15, -0.1) is 0 Å². The van der Waals surface area contributed by atoms with Crippen molar-refractivity contribution in [1.82, 2.24) is 0 Å². The highest BCUT2D eigenvalue weighted by Crippen LogP contribution is 1.86. The van der Waals surface area contributed by atoms with Gasteiger partial charge in [0.2, 0.25) is 0 Å². The predicted octanol–water partition coefficient (Wildman–Crippen LogP) is -2.81. The van der Waals surface area contributed by atoms with Crippen LogP contribution < -0.4 is 10.4 Å². The monoisotopic (exact) mass is 113 g/mol. The zero-order chi connectivity index (χ0) is 5.15.